The molecule has 0 atom stereocenters. The topological polar surface area (TPSA) is 85.4 Å². The second-order valence-corrected chi connectivity index (χ2v) is 5.80. The SMILES string of the molecule is COc1cc(NC(=O)c2ccnc(Nc3ccccc3)n2)c(OC)cc1Cl. The average molecular weight is 385 g/mol. The molecule has 0 spiro atoms. The maximum absolute atomic E-state index is 12.6. The minimum Gasteiger partial charge on any atom is -0.495 e. The van der Waals surface area contributed by atoms with E-state index in [0.717, 1.165) is 5.69 Å². The minimum absolute atomic E-state index is 0.194. The number of anilines is 3. The molecule has 0 bridgehead atoms. The Kier molecular flexibility index (Phi) is 5.73. The van der Waals surface area contributed by atoms with E-state index in [1.807, 2.05) is 30.3 Å². The van der Waals surface area contributed by atoms with Crippen LogP contribution >= 0.6 is 11.6 Å². The van der Waals surface area contributed by atoms with E-state index in [2.05, 4.69) is 20.6 Å². The maximum atomic E-state index is 12.6. The summed E-state index contributed by atoms with van der Waals surface area (Å²) in [7, 11) is 2.98. The molecule has 7 nitrogen and oxygen atoms in total. The number of methoxy groups -OCH3 is 2. The van der Waals surface area contributed by atoms with Crippen LogP contribution in [0.25, 0.3) is 0 Å². The molecular formula is C19H17ClN4O3. The van der Waals surface area contributed by atoms with E-state index < -0.39 is 5.91 Å². The van der Waals surface area contributed by atoms with E-state index in [9.17, 15) is 4.79 Å². The Hall–Kier alpha value is -3.32. The van der Waals surface area contributed by atoms with Crippen molar-refractivity contribution in [3.63, 3.8) is 0 Å². The number of halogens is 1. The third-order valence-corrected chi connectivity index (χ3v) is 3.94. The lowest BCUT2D eigenvalue weighted by molar-refractivity contribution is 0.102. The van der Waals surface area contributed by atoms with Crippen LogP contribution in [0.1, 0.15) is 10.5 Å². The van der Waals surface area contributed by atoms with Gasteiger partial charge in [0, 0.05) is 24.0 Å². The summed E-state index contributed by atoms with van der Waals surface area (Å²) in [6.45, 7) is 0. The van der Waals surface area contributed by atoms with E-state index >= 15 is 0 Å². The van der Waals surface area contributed by atoms with Gasteiger partial charge in [0.15, 0.2) is 0 Å². The minimum atomic E-state index is -0.420. The Morgan fingerprint density at radius 3 is 2.48 bits per heavy atom. The normalized spacial score (nSPS) is 10.2. The molecule has 1 amide bonds. The van der Waals surface area contributed by atoms with Crippen molar-refractivity contribution in [2.45, 2.75) is 0 Å². The number of carbonyl (C=O) groups excluding carboxylic acids is 1. The van der Waals surface area contributed by atoms with Crippen molar-refractivity contribution in [3.05, 3.63) is 65.4 Å². The number of benzene rings is 2. The lowest BCUT2D eigenvalue weighted by Crippen LogP contribution is -2.15. The predicted molar refractivity (Wildman–Crippen MR) is 104 cm³/mol. The first-order valence-electron chi connectivity index (χ1n) is 7.98. The monoisotopic (exact) mass is 384 g/mol. The number of hydrogen-bond donors (Lipinski definition) is 2. The fraction of sp³-hybridized carbons (Fsp3) is 0.105. The maximum Gasteiger partial charge on any atom is 0.274 e. The van der Waals surface area contributed by atoms with E-state index in [1.165, 1.54) is 26.5 Å². The zero-order valence-corrected chi connectivity index (χ0v) is 15.4. The second kappa shape index (κ2) is 8.37. The van der Waals surface area contributed by atoms with Gasteiger partial charge in [0.2, 0.25) is 5.95 Å². The first kappa shape index (κ1) is 18.5. The van der Waals surface area contributed by atoms with Crippen molar-refractivity contribution in [2.75, 3.05) is 24.9 Å². The fourth-order valence-electron chi connectivity index (χ4n) is 2.34. The molecule has 0 saturated carbocycles. The lowest BCUT2D eigenvalue weighted by Gasteiger charge is -2.13. The number of hydrogen-bond acceptors (Lipinski definition) is 6. The molecule has 1 aromatic heterocycles. The summed E-state index contributed by atoms with van der Waals surface area (Å²) in [5, 5.41) is 6.18. The van der Waals surface area contributed by atoms with Gasteiger partial charge in [-0.1, -0.05) is 29.8 Å². The molecule has 27 heavy (non-hydrogen) atoms. The van der Waals surface area contributed by atoms with Crippen LogP contribution in [0.4, 0.5) is 17.3 Å². The Labute approximate surface area is 161 Å². The highest BCUT2D eigenvalue weighted by Crippen LogP contribution is 2.36. The summed E-state index contributed by atoms with van der Waals surface area (Å²) in [5.41, 5.74) is 1.43. The second-order valence-electron chi connectivity index (χ2n) is 5.40. The summed E-state index contributed by atoms with van der Waals surface area (Å²) >= 11 is 6.09. The molecular weight excluding hydrogens is 368 g/mol. The van der Waals surface area contributed by atoms with Gasteiger partial charge in [0.25, 0.3) is 5.91 Å². The van der Waals surface area contributed by atoms with Gasteiger partial charge in [-0.15, -0.1) is 0 Å². The largest absolute Gasteiger partial charge is 0.495 e. The number of rotatable bonds is 6. The first-order chi connectivity index (χ1) is 13.1. The van der Waals surface area contributed by atoms with Crippen molar-refractivity contribution >= 4 is 34.8 Å². The summed E-state index contributed by atoms with van der Waals surface area (Å²) in [6.07, 6.45) is 1.51. The quantitative estimate of drug-likeness (QED) is 0.664. The molecule has 3 aromatic rings. The molecule has 1 heterocycles. The number of nitrogens with zero attached hydrogens (tertiary/aromatic N) is 2. The number of amides is 1. The van der Waals surface area contributed by atoms with E-state index in [-0.39, 0.29) is 5.69 Å². The van der Waals surface area contributed by atoms with Crippen LogP contribution < -0.4 is 20.1 Å². The average Bonchev–Trinajstić information content (AvgIpc) is 2.70. The number of para-hydroxylation sites is 1. The van der Waals surface area contributed by atoms with Crippen molar-refractivity contribution in [3.8, 4) is 11.5 Å². The van der Waals surface area contributed by atoms with Crippen LogP contribution in [0.15, 0.2) is 54.7 Å². The van der Waals surface area contributed by atoms with Crippen LogP contribution in [0.2, 0.25) is 5.02 Å². The number of ether oxygens (including phenoxy) is 2. The van der Waals surface area contributed by atoms with Crippen LogP contribution in [0, 0.1) is 0 Å². The molecule has 3 rings (SSSR count). The van der Waals surface area contributed by atoms with Crippen molar-refractivity contribution in [2.24, 2.45) is 0 Å². The molecule has 0 aliphatic carbocycles. The van der Waals surface area contributed by atoms with Crippen molar-refractivity contribution < 1.29 is 14.3 Å². The number of carbonyl (C=O) groups is 1. The highest BCUT2D eigenvalue weighted by atomic mass is 35.5. The zero-order chi connectivity index (χ0) is 19.2. The Morgan fingerprint density at radius 1 is 1.04 bits per heavy atom. The van der Waals surface area contributed by atoms with E-state index in [4.69, 9.17) is 21.1 Å². The molecule has 2 N–H and O–H groups in total. The smallest absolute Gasteiger partial charge is 0.274 e. The molecule has 138 valence electrons. The van der Waals surface area contributed by atoms with Gasteiger partial charge in [-0.05, 0) is 18.2 Å². The fourth-order valence-corrected chi connectivity index (χ4v) is 2.57. The van der Waals surface area contributed by atoms with E-state index in [1.54, 1.807) is 12.1 Å². The van der Waals surface area contributed by atoms with Crippen LogP contribution in [-0.4, -0.2) is 30.1 Å². The summed E-state index contributed by atoms with van der Waals surface area (Å²) < 4.78 is 10.4. The van der Waals surface area contributed by atoms with Gasteiger partial charge in [-0.25, -0.2) is 9.97 Å². The van der Waals surface area contributed by atoms with Gasteiger partial charge in [0.05, 0.1) is 24.9 Å². The highest BCUT2D eigenvalue weighted by Gasteiger charge is 2.15. The van der Waals surface area contributed by atoms with Gasteiger partial charge in [-0.3, -0.25) is 4.79 Å². The molecule has 0 fully saturated rings. The Balaban J connectivity index is 1.82. The zero-order valence-electron chi connectivity index (χ0n) is 14.7. The first-order valence-corrected chi connectivity index (χ1v) is 8.36. The lowest BCUT2D eigenvalue weighted by atomic mass is 10.2. The van der Waals surface area contributed by atoms with Gasteiger partial charge in [-0.2, -0.15) is 0 Å². The summed E-state index contributed by atoms with van der Waals surface area (Å²) in [4.78, 5) is 21.0. The number of nitrogens with one attached hydrogen (secondary N) is 2. The molecule has 0 aliphatic rings. The van der Waals surface area contributed by atoms with Crippen molar-refractivity contribution in [1.82, 2.24) is 9.97 Å². The molecule has 0 saturated heterocycles. The highest BCUT2D eigenvalue weighted by molar-refractivity contribution is 6.32. The standard InChI is InChI=1S/C19H17ClN4O3/c1-26-16-11-15(17(27-2)10-13(16)20)23-18(25)14-8-9-21-19(24-14)22-12-6-4-3-5-7-12/h3-11H,1-2H3,(H,23,25)(H,21,22,24). The van der Waals surface area contributed by atoms with Gasteiger partial charge >= 0.3 is 0 Å². The van der Waals surface area contributed by atoms with Crippen LogP contribution in [0.5, 0.6) is 11.5 Å². The molecule has 0 radical (unpaired) electrons. The number of aromatic nitrogens is 2. The van der Waals surface area contributed by atoms with Crippen LogP contribution in [-0.2, 0) is 0 Å². The molecule has 0 aliphatic heterocycles. The predicted octanol–water partition coefficient (Wildman–Crippen LogP) is 4.14. The third-order valence-electron chi connectivity index (χ3n) is 3.64. The molecule has 8 heteroatoms. The van der Waals surface area contributed by atoms with Gasteiger partial charge < -0.3 is 20.1 Å². The Bertz CT molecular complexity index is 951. The summed E-state index contributed by atoms with van der Waals surface area (Å²) in [6, 6.07) is 14.1. The van der Waals surface area contributed by atoms with Crippen LogP contribution in [0.3, 0.4) is 0 Å². The van der Waals surface area contributed by atoms with Gasteiger partial charge in [0.1, 0.15) is 17.2 Å². The Morgan fingerprint density at radius 2 is 1.78 bits per heavy atom. The van der Waals surface area contributed by atoms with E-state index in [0.29, 0.717) is 28.2 Å². The molecule has 2 aromatic carbocycles. The molecule has 0 unspecified atom stereocenters. The summed E-state index contributed by atoms with van der Waals surface area (Å²) in [5.74, 6) is 0.721. The third kappa shape index (κ3) is 4.45. The van der Waals surface area contributed by atoms with Crippen molar-refractivity contribution in [1.29, 1.82) is 0 Å².